The molecule has 1 N–H and O–H groups in total. The second kappa shape index (κ2) is 4.05. The number of hydrogen-bond donors (Lipinski definition) is 1. The first kappa shape index (κ1) is 10.4. The second-order valence-electron chi connectivity index (χ2n) is 3.04. The summed E-state index contributed by atoms with van der Waals surface area (Å²) >= 11 is 3.08. The van der Waals surface area contributed by atoms with Crippen LogP contribution in [0.4, 0.5) is 14.5 Å². The third kappa shape index (κ3) is 2.66. The molecule has 0 saturated heterocycles. The topological polar surface area (TPSA) is 12.0 Å². The monoisotopic (exact) mass is 249 g/mol. The largest absolute Gasteiger partial charge is 0.380 e. The molecule has 0 aliphatic rings. The second-order valence-corrected chi connectivity index (χ2v) is 3.90. The zero-order valence-corrected chi connectivity index (χ0v) is 8.95. The maximum atomic E-state index is 13.1. The van der Waals surface area contributed by atoms with E-state index in [1.165, 1.54) is 6.07 Å². The van der Waals surface area contributed by atoms with Crippen molar-refractivity contribution in [3.05, 3.63) is 28.2 Å². The predicted molar refractivity (Wildman–Crippen MR) is 52.8 cm³/mol. The molecule has 0 aliphatic heterocycles. The number of hydrogen-bond acceptors (Lipinski definition) is 1. The Bertz CT molecular complexity index is 289. The average molecular weight is 250 g/mol. The Morgan fingerprint density at radius 1 is 1.31 bits per heavy atom. The quantitative estimate of drug-likeness (QED) is 0.846. The van der Waals surface area contributed by atoms with Crippen molar-refractivity contribution < 1.29 is 8.78 Å². The lowest BCUT2D eigenvalue weighted by molar-refractivity contribution is 0.582. The molecule has 72 valence electrons. The number of benzene rings is 1. The molecule has 0 atom stereocenters. The first-order chi connectivity index (χ1) is 6.00. The van der Waals surface area contributed by atoms with Gasteiger partial charge in [-0.15, -0.1) is 0 Å². The molecule has 0 spiro atoms. The van der Waals surface area contributed by atoms with Crippen molar-refractivity contribution in [3.63, 3.8) is 0 Å². The summed E-state index contributed by atoms with van der Waals surface area (Å²) in [6.45, 7) is 3.77. The zero-order chi connectivity index (χ0) is 10.0. The minimum atomic E-state index is -0.585. The predicted octanol–water partition coefficient (Wildman–Crippen LogP) is 3.55. The summed E-state index contributed by atoms with van der Waals surface area (Å²) in [4.78, 5) is 0. The maximum Gasteiger partial charge on any atom is 0.150 e. The third-order valence-electron chi connectivity index (χ3n) is 1.44. The standard InChI is InChI=1S/C9H10BrF2N/c1-5(2)13-9-7(10)3-6(11)4-8(9)12/h3-5,13H,1-2H3. The van der Waals surface area contributed by atoms with Gasteiger partial charge in [0.1, 0.15) is 11.6 Å². The van der Waals surface area contributed by atoms with Gasteiger partial charge in [0.05, 0.1) is 5.69 Å². The fourth-order valence-electron chi connectivity index (χ4n) is 0.969. The van der Waals surface area contributed by atoms with E-state index in [0.29, 0.717) is 10.2 Å². The van der Waals surface area contributed by atoms with E-state index in [1.54, 1.807) is 0 Å². The van der Waals surface area contributed by atoms with E-state index >= 15 is 0 Å². The molecule has 0 heterocycles. The Balaban J connectivity index is 3.06. The van der Waals surface area contributed by atoms with Gasteiger partial charge in [-0.05, 0) is 35.8 Å². The molecule has 1 aromatic rings. The van der Waals surface area contributed by atoms with Crippen LogP contribution >= 0.6 is 15.9 Å². The van der Waals surface area contributed by atoms with E-state index in [2.05, 4.69) is 21.2 Å². The molecular formula is C9H10BrF2N. The van der Waals surface area contributed by atoms with Gasteiger partial charge in [0.2, 0.25) is 0 Å². The molecule has 0 aliphatic carbocycles. The van der Waals surface area contributed by atoms with E-state index in [1.807, 2.05) is 13.8 Å². The number of anilines is 1. The molecule has 1 aromatic carbocycles. The van der Waals surface area contributed by atoms with Gasteiger partial charge in [0.25, 0.3) is 0 Å². The Labute approximate surface area is 84.3 Å². The van der Waals surface area contributed by atoms with Crippen LogP contribution in [0.5, 0.6) is 0 Å². The van der Waals surface area contributed by atoms with Gasteiger partial charge >= 0.3 is 0 Å². The highest BCUT2D eigenvalue weighted by molar-refractivity contribution is 9.10. The summed E-state index contributed by atoms with van der Waals surface area (Å²) in [5.41, 5.74) is 0.302. The minimum Gasteiger partial charge on any atom is -0.380 e. The third-order valence-corrected chi connectivity index (χ3v) is 2.07. The first-order valence-corrected chi connectivity index (χ1v) is 4.71. The minimum absolute atomic E-state index is 0.108. The molecule has 0 bridgehead atoms. The summed E-state index contributed by atoms with van der Waals surface area (Å²) in [6, 6.07) is 2.19. The highest BCUT2D eigenvalue weighted by Gasteiger charge is 2.09. The molecule has 1 rings (SSSR count). The van der Waals surface area contributed by atoms with Crippen LogP contribution in [0.25, 0.3) is 0 Å². The van der Waals surface area contributed by atoms with Crippen molar-refractivity contribution in [2.24, 2.45) is 0 Å². The number of nitrogens with one attached hydrogen (secondary N) is 1. The van der Waals surface area contributed by atoms with Gasteiger partial charge in [-0.2, -0.15) is 0 Å². The summed E-state index contributed by atoms with van der Waals surface area (Å²) in [5, 5.41) is 2.88. The molecule has 4 heteroatoms. The van der Waals surface area contributed by atoms with Crippen LogP contribution in [-0.2, 0) is 0 Å². The highest BCUT2D eigenvalue weighted by atomic mass is 79.9. The normalized spacial score (nSPS) is 10.6. The van der Waals surface area contributed by atoms with Crippen LogP contribution in [0, 0.1) is 11.6 Å². The lowest BCUT2D eigenvalue weighted by Gasteiger charge is -2.12. The van der Waals surface area contributed by atoms with Crippen molar-refractivity contribution >= 4 is 21.6 Å². The molecule has 1 nitrogen and oxygen atoms in total. The summed E-state index contributed by atoms with van der Waals surface area (Å²) < 4.78 is 26.2. The van der Waals surface area contributed by atoms with Crippen LogP contribution in [0.1, 0.15) is 13.8 Å². The molecule has 13 heavy (non-hydrogen) atoms. The van der Waals surface area contributed by atoms with Gasteiger partial charge in [-0.3, -0.25) is 0 Å². The van der Waals surface area contributed by atoms with E-state index in [-0.39, 0.29) is 6.04 Å². The van der Waals surface area contributed by atoms with E-state index in [9.17, 15) is 8.78 Å². The maximum absolute atomic E-state index is 13.1. The lowest BCUT2D eigenvalue weighted by atomic mass is 10.2. The molecule has 0 amide bonds. The molecule has 0 radical (unpaired) electrons. The molecule has 0 unspecified atom stereocenters. The van der Waals surface area contributed by atoms with E-state index in [4.69, 9.17) is 0 Å². The van der Waals surface area contributed by atoms with Gasteiger partial charge in [0.15, 0.2) is 0 Å². The average Bonchev–Trinajstić information content (AvgIpc) is 1.96. The Hall–Kier alpha value is -0.640. The molecular weight excluding hydrogens is 240 g/mol. The number of halogens is 3. The Kier molecular flexibility index (Phi) is 3.25. The van der Waals surface area contributed by atoms with E-state index in [0.717, 1.165) is 6.07 Å². The fraction of sp³-hybridized carbons (Fsp3) is 0.333. The van der Waals surface area contributed by atoms with Crippen LogP contribution in [-0.4, -0.2) is 6.04 Å². The lowest BCUT2D eigenvalue weighted by Crippen LogP contribution is -2.11. The van der Waals surface area contributed by atoms with E-state index < -0.39 is 11.6 Å². The molecule has 0 fully saturated rings. The van der Waals surface area contributed by atoms with Crippen molar-refractivity contribution in [1.29, 1.82) is 0 Å². The van der Waals surface area contributed by atoms with Crippen LogP contribution in [0.15, 0.2) is 16.6 Å². The van der Waals surface area contributed by atoms with Crippen LogP contribution < -0.4 is 5.32 Å². The number of rotatable bonds is 2. The van der Waals surface area contributed by atoms with Crippen molar-refractivity contribution in [3.8, 4) is 0 Å². The highest BCUT2D eigenvalue weighted by Crippen LogP contribution is 2.27. The van der Waals surface area contributed by atoms with Crippen molar-refractivity contribution in [2.75, 3.05) is 5.32 Å². The van der Waals surface area contributed by atoms with Gasteiger partial charge < -0.3 is 5.32 Å². The summed E-state index contributed by atoms with van der Waals surface area (Å²) in [7, 11) is 0. The first-order valence-electron chi connectivity index (χ1n) is 3.92. The van der Waals surface area contributed by atoms with Crippen molar-refractivity contribution in [2.45, 2.75) is 19.9 Å². The Morgan fingerprint density at radius 3 is 2.38 bits per heavy atom. The van der Waals surface area contributed by atoms with Gasteiger partial charge in [0, 0.05) is 16.6 Å². The van der Waals surface area contributed by atoms with Gasteiger partial charge in [-0.1, -0.05) is 0 Å². The van der Waals surface area contributed by atoms with Gasteiger partial charge in [-0.25, -0.2) is 8.78 Å². The molecule has 0 saturated carbocycles. The summed E-state index contributed by atoms with van der Waals surface area (Å²) in [6.07, 6.45) is 0. The molecule has 0 aromatic heterocycles. The Morgan fingerprint density at radius 2 is 1.92 bits per heavy atom. The SMILES string of the molecule is CC(C)Nc1c(F)cc(F)cc1Br. The van der Waals surface area contributed by atoms with Crippen LogP contribution in [0.2, 0.25) is 0 Å². The zero-order valence-electron chi connectivity index (χ0n) is 7.37. The summed E-state index contributed by atoms with van der Waals surface area (Å²) in [5.74, 6) is -1.17. The fourth-order valence-corrected chi connectivity index (χ4v) is 1.49. The van der Waals surface area contributed by atoms with Crippen molar-refractivity contribution in [1.82, 2.24) is 0 Å². The van der Waals surface area contributed by atoms with Crippen LogP contribution in [0.3, 0.4) is 0 Å². The smallest absolute Gasteiger partial charge is 0.150 e.